The van der Waals surface area contributed by atoms with Crippen molar-refractivity contribution in [2.24, 2.45) is 0 Å². The molecule has 29 heavy (non-hydrogen) atoms. The van der Waals surface area contributed by atoms with Crippen LogP contribution in [0.3, 0.4) is 0 Å². The second-order valence-electron chi connectivity index (χ2n) is 6.90. The summed E-state index contributed by atoms with van der Waals surface area (Å²) in [4.78, 5) is 31.7. The first-order valence-corrected chi connectivity index (χ1v) is 11.1. The van der Waals surface area contributed by atoms with Gasteiger partial charge < -0.3 is 9.64 Å². The summed E-state index contributed by atoms with van der Waals surface area (Å²) in [6, 6.07) is 13.5. The van der Waals surface area contributed by atoms with Gasteiger partial charge in [0, 0.05) is 23.3 Å². The number of anilines is 1. The molecule has 7 heteroatoms. The van der Waals surface area contributed by atoms with Gasteiger partial charge in [0.1, 0.15) is 0 Å². The van der Waals surface area contributed by atoms with Crippen LogP contribution in [0.1, 0.15) is 31.7 Å². The van der Waals surface area contributed by atoms with E-state index in [1.54, 1.807) is 52.8 Å². The van der Waals surface area contributed by atoms with Gasteiger partial charge in [0.25, 0.3) is 0 Å². The summed E-state index contributed by atoms with van der Waals surface area (Å²) in [5.41, 5.74) is 2.25. The van der Waals surface area contributed by atoms with E-state index in [-0.39, 0.29) is 18.5 Å². The fourth-order valence-electron chi connectivity index (χ4n) is 3.78. The van der Waals surface area contributed by atoms with E-state index in [1.807, 2.05) is 6.07 Å². The van der Waals surface area contributed by atoms with Gasteiger partial charge in [-0.2, -0.15) is 0 Å². The Balaban J connectivity index is 1.59. The molecule has 0 saturated carbocycles. The number of carbonyl (C=O) groups excluding carboxylic acids is 2. The molecule has 0 aliphatic carbocycles. The van der Waals surface area contributed by atoms with Gasteiger partial charge in [0.2, 0.25) is 5.91 Å². The summed E-state index contributed by atoms with van der Waals surface area (Å²) < 4.78 is 4.87. The Labute approximate surface area is 178 Å². The molecule has 1 aromatic carbocycles. The first kappa shape index (κ1) is 19.8. The molecule has 0 saturated heterocycles. The molecule has 2 aromatic heterocycles. The molecular weight excluding hydrogens is 404 g/mol. The van der Waals surface area contributed by atoms with E-state index >= 15 is 0 Å². The average molecular weight is 427 g/mol. The fraction of sp³-hybridized carbons (Fsp3) is 0.273. The third-order valence-corrected chi connectivity index (χ3v) is 7.18. The van der Waals surface area contributed by atoms with E-state index in [2.05, 4.69) is 33.9 Å². The number of rotatable bonds is 5. The Kier molecular flexibility index (Phi) is 5.80. The van der Waals surface area contributed by atoms with Gasteiger partial charge in [-0.05, 0) is 47.0 Å². The third kappa shape index (κ3) is 3.85. The summed E-state index contributed by atoms with van der Waals surface area (Å²) in [5.74, 6) is -0.501. The van der Waals surface area contributed by atoms with E-state index in [1.165, 1.54) is 22.4 Å². The van der Waals surface area contributed by atoms with Crippen LogP contribution in [0.2, 0.25) is 0 Å². The molecule has 5 nitrogen and oxygen atoms in total. The van der Waals surface area contributed by atoms with Crippen LogP contribution in [-0.4, -0.2) is 44.0 Å². The average Bonchev–Trinajstić information content (AvgIpc) is 3.44. The molecule has 1 atom stereocenters. The van der Waals surface area contributed by atoms with Gasteiger partial charge >= 0.3 is 5.97 Å². The predicted octanol–water partition coefficient (Wildman–Crippen LogP) is 4.21. The largest absolute Gasteiger partial charge is 0.465 e. The third-order valence-electron chi connectivity index (χ3n) is 5.26. The van der Waals surface area contributed by atoms with E-state index in [9.17, 15) is 9.59 Å². The zero-order valence-corrected chi connectivity index (χ0v) is 18.0. The SMILES string of the molecule is COC(=O)c1ccccc1N(C)C(=O)CN1CCc2sccc2C1c1cccs1. The van der Waals surface area contributed by atoms with E-state index in [0.717, 1.165) is 13.0 Å². The highest BCUT2D eigenvalue weighted by atomic mass is 32.1. The van der Waals surface area contributed by atoms with Crippen LogP contribution in [-0.2, 0) is 16.0 Å². The number of ether oxygens (including phenoxy) is 1. The Morgan fingerprint density at radius 2 is 1.97 bits per heavy atom. The highest BCUT2D eigenvalue weighted by molar-refractivity contribution is 7.10. The fourth-order valence-corrected chi connectivity index (χ4v) is 5.56. The summed E-state index contributed by atoms with van der Waals surface area (Å²) >= 11 is 3.51. The monoisotopic (exact) mass is 426 g/mol. The first-order chi connectivity index (χ1) is 14.1. The van der Waals surface area contributed by atoms with Crippen LogP contribution in [0.4, 0.5) is 5.69 Å². The van der Waals surface area contributed by atoms with Crippen molar-refractivity contribution in [1.82, 2.24) is 4.90 Å². The highest BCUT2D eigenvalue weighted by Gasteiger charge is 2.32. The molecule has 1 aliphatic heterocycles. The minimum absolute atomic E-state index is 0.0541. The molecule has 0 spiro atoms. The van der Waals surface area contributed by atoms with Crippen molar-refractivity contribution in [2.75, 3.05) is 32.1 Å². The summed E-state index contributed by atoms with van der Waals surface area (Å²) in [6.45, 7) is 1.11. The van der Waals surface area contributed by atoms with Crippen LogP contribution >= 0.6 is 22.7 Å². The van der Waals surface area contributed by atoms with E-state index in [0.29, 0.717) is 11.3 Å². The summed E-state index contributed by atoms with van der Waals surface area (Å²) in [6.07, 6.45) is 0.949. The molecule has 3 heterocycles. The second kappa shape index (κ2) is 8.49. The molecule has 150 valence electrons. The number of esters is 1. The van der Waals surface area contributed by atoms with Crippen molar-refractivity contribution in [3.8, 4) is 0 Å². The smallest absolute Gasteiger partial charge is 0.339 e. The lowest BCUT2D eigenvalue weighted by Crippen LogP contribution is -2.43. The molecule has 1 amide bonds. The lowest BCUT2D eigenvalue weighted by atomic mass is 9.98. The lowest BCUT2D eigenvalue weighted by Gasteiger charge is -2.36. The number of likely N-dealkylation sites (N-methyl/N-ethyl adjacent to an activating group) is 1. The molecule has 0 N–H and O–H groups in total. The summed E-state index contributed by atoms with van der Waals surface area (Å²) in [5, 5.41) is 4.21. The van der Waals surface area contributed by atoms with E-state index < -0.39 is 5.97 Å². The number of amides is 1. The molecule has 0 bridgehead atoms. The van der Waals surface area contributed by atoms with E-state index in [4.69, 9.17) is 4.74 Å². The number of hydrogen-bond acceptors (Lipinski definition) is 6. The quantitative estimate of drug-likeness (QED) is 0.574. The van der Waals surface area contributed by atoms with Gasteiger partial charge in [-0.25, -0.2) is 4.79 Å². The maximum absolute atomic E-state index is 13.2. The second-order valence-corrected chi connectivity index (χ2v) is 8.88. The zero-order chi connectivity index (χ0) is 20.4. The van der Waals surface area contributed by atoms with Crippen molar-refractivity contribution in [1.29, 1.82) is 0 Å². The van der Waals surface area contributed by atoms with Crippen LogP contribution in [0.25, 0.3) is 0 Å². The number of benzene rings is 1. The summed E-state index contributed by atoms with van der Waals surface area (Å²) in [7, 11) is 3.06. The van der Waals surface area contributed by atoms with Crippen molar-refractivity contribution >= 4 is 40.2 Å². The molecule has 1 aliphatic rings. The van der Waals surface area contributed by atoms with Gasteiger partial charge in [-0.1, -0.05) is 18.2 Å². The van der Waals surface area contributed by atoms with Crippen molar-refractivity contribution in [3.63, 3.8) is 0 Å². The van der Waals surface area contributed by atoms with Gasteiger partial charge in [-0.15, -0.1) is 22.7 Å². The number of hydrogen-bond donors (Lipinski definition) is 0. The normalized spacial score (nSPS) is 16.3. The van der Waals surface area contributed by atoms with Crippen LogP contribution < -0.4 is 4.90 Å². The van der Waals surface area contributed by atoms with Crippen LogP contribution in [0.15, 0.2) is 53.2 Å². The van der Waals surface area contributed by atoms with Crippen molar-refractivity contribution in [2.45, 2.75) is 12.5 Å². The topological polar surface area (TPSA) is 49.9 Å². The Morgan fingerprint density at radius 3 is 2.72 bits per heavy atom. The Morgan fingerprint density at radius 1 is 1.14 bits per heavy atom. The molecule has 3 aromatic rings. The number of nitrogens with zero attached hydrogens (tertiary/aromatic N) is 2. The minimum atomic E-state index is -0.447. The standard InChI is InChI=1S/C22H22N2O3S2/c1-23(17-7-4-3-6-15(17)22(26)27-2)20(25)14-24-11-9-18-16(10-13-29-18)21(24)19-8-5-12-28-19/h3-8,10,12-13,21H,9,11,14H2,1-2H3. The Hall–Kier alpha value is -2.48. The molecule has 0 fully saturated rings. The number of thiophene rings is 2. The van der Waals surface area contributed by atoms with Crippen LogP contribution in [0, 0.1) is 0 Å². The van der Waals surface area contributed by atoms with Gasteiger partial charge in [-0.3, -0.25) is 9.69 Å². The predicted molar refractivity (Wildman–Crippen MR) is 117 cm³/mol. The highest BCUT2D eigenvalue weighted by Crippen LogP contribution is 2.39. The minimum Gasteiger partial charge on any atom is -0.465 e. The number of carbonyl (C=O) groups is 2. The maximum Gasteiger partial charge on any atom is 0.339 e. The number of methoxy groups -OCH3 is 1. The lowest BCUT2D eigenvalue weighted by molar-refractivity contribution is -0.119. The van der Waals surface area contributed by atoms with Gasteiger partial charge in [0.15, 0.2) is 0 Å². The van der Waals surface area contributed by atoms with Crippen LogP contribution in [0.5, 0.6) is 0 Å². The molecule has 1 unspecified atom stereocenters. The molecular formula is C22H22N2O3S2. The number of fused-ring (bicyclic) bond motifs is 1. The Bertz CT molecular complexity index is 1010. The van der Waals surface area contributed by atoms with Crippen molar-refractivity contribution in [3.05, 3.63) is 74.1 Å². The first-order valence-electron chi connectivity index (χ1n) is 9.37. The van der Waals surface area contributed by atoms with Crippen molar-refractivity contribution < 1.29 is 14.3 Å². The number of para-hydroxylation sites is 1. The molecule has 0 radical (unpaired) electrons. The maximum atomic E-state index is 13.2. The van der Waals surface area contributed by atoms with Gasteiger partial charge in [0.05, 0.1) is 30.9 Å². The zero-order valence-electron chi connectivity index (χ0n) is 16.3. The molecule has 4 rings (SSSR count).